The van der Waals surface area contributed by atoms with E-state index < -0.39 is 0 Å². The fourth-order valence-electron chi connectivity index (χ4n) is 2.47. The monoisotopic (exact) mass is 341 g/mol. The van der Waals surface area contributed by atoms with Crippen molar-refractivity contribution in [3.05, 3.63) is 53.3 Å². The predicted octanol–water partition coefficient (Wildman–Crippen LogP) is 4.06. The summed E-state index contributed by atoms with van der Waals surface area (Å²) < 4.78 is 7.21. The number of Topliss-reactive ketones (excluding diaryl/α,β-unsaturated/α-hetero) is 1. The van der Waals surface area contributed by atoms with Crippen molar-refractivity contribution in [2.75, 3.05) is 0 Å². The van der Waals surface area contributed by atoms with Gasteiger partial charge in [0.2, 0.25) is 0 Å². The third-order valence-corrected chi connectivity index (χ3v) is 5.02. The lowest BCUT2D eigenvalue weighted by atomic mass is 10.0. The van der Waals surface area contributed by atoms with Crippen LogP contribution in [0.3, 0.4) is 0 Å². The van der Waals surface area contributed by atoms with Crippen LogP contribution in [0.2, 0.25) is 0 Å². The van der Waals surface area contributed by atoms with E-state index >= 15 is 0 Å². The molecule has 0 aliphatic rings. The molecule has 0 amide bonds. The molecule has 2 aromatic heterocycles. The van der Waals surface area contributed by atoms with Crippen LogP contribution < -0.4 is 0 Å². The topological polar surface area (TPSA) is 60.9 Å². The number of aryl methyl sites for hydroxylation is 2. The van der Waals surface area contributed by atoms with Crippen molar-refractivity contribution < 1.29 is 9.21 Å². The Morgan fingerprint density at radius 3 is 2.75 bits per heavy atom. The van der Waals surface area contributed by atoms with Gasteiger partial charge in [0.15, 0.2) is 22.5 Å². The molecule has 0 spiro atoms. The van der Waals surface area contributed by atoms with Crippen LogP contribution in [0.4, 0.5) is 0 Å². The molecule has 0 fully saturated rings. The second-order valence-electron chi connectivity index (χ2n) is 5.79. The maximum atomic E-state index is 12.8. The molecule has 0 radical (unpaired) electrons. The summed E-state index contributed by atoms with van der Waals surface area (Å²) in [5.41, 5.74) is 2.84. The Morgan fingerprint density at radius 1 is 1.25 bits per heavy atom. The molecule has 5 nitrogen and oxygen atoms in total. The molecule has 0 saturated carbocycles. The average Bonchev–Trinajstić information content (AvgIpc) is 3.20. The molecule has 2 heterocycles. The van der Waals surface area contributed by atoms with Gasteiger partial charge in [-0.05, 0) is 44.5 Å². The first kappa shape index (κ1) is 16.5. The zero-order valence-corrected chi connectivity index (χ0v) is 14.9. The van der Waals surface area contributed by atoms with Gasteiger partial charge in [0.1, 0.15) is 0 Å². The fourth-order valence-corrected chi connectivity index (χ4v) is 3.35. The number of aromatic nitrogens is 3. The summed E-state index contributed by atoms with van der Waals surface area (Å²) in [7, 11) is 1.87. The number of furan rings is 1. The molecular weight excluding hydrogens is 322 g/mol. The standard InChI is InChI=1S/C18H19N3O2S/c1-11-7-8-12(2)14(10-11)16(22)13(3)24-18-20-19-17(21(18)4)15-6-5-9-23-15/h5-10,13H,1-4H3. The van der Waals surface area contributed by atoms with Crippen LogP contribution in [0.15, 0.2) is 46.2 Å². The first-order valence-electron chi connectivity index (χ1n) is 7.68. The van der Waals surface area contributed by atoms with Crippen LogP contribution in [-0.4, -0.2) is 25.8 Å². The van der Waals surface area contributed by atoms with Gasteiger partial charge in [0.25, 0.3) is 0 Å². The smallest absolute Gasteiger partial charge is 0.200 e. The van der Waals surface area contributed by atoms with Gasteiger partial charge in [-0.3, -0.25) is 4.79 Å². The Balaban J connectivity index is 1.81. The Labute approximate surface area is 145 Å². The molecule has 1 atom stereocenters. The van der Waals surface area contributed by atoms with Gasteiger partial charge in [-0.1, -0.05) is 29.5 Å². The van der Waals surface area contributed by atoms with Gasteiger partial charge >= 0.3 is 0 Å². The number of hydrogen-bond acceptors (Lipinski definition) is 5. The summed E-state index contributed by atoms with van der Waals surface area (Å²) in [5, 5.41) is 8.79. The molecule has 0 bridgehead atoms. The predicted molar refractivity (Wildman–Crippen MR) is 94.3 cm³/mol. The van der Waals surface area contributed by atoms with E-state index in [1.807, 2.05) is 62.7 Å². The lowest BCUT2D eigenvalue weighted by Gasteiger charge is -2.12. The van der Waals surface area contributed by atoms with Crippen LogP contribution in [-0.2, 0) is 7.05 Å². The van der Waals surface area contributed by atoms with Gasteiger partial charge in [-0.25, -0.2) is 0 Å². The number of benzene rings is 1. The lowest BCUT2D eigenvalue weighted by Crippen LogP contribution is -2.16. The number of thioether (sulfide) groups is 1. The summed E-state index contributed by atoms with van der Waals surface area (Å²) >= 11 is 1.40. The third kappa shape index (κ3) is 3.14. The van der Waals surface area contributed by atoms with E-state index in [1.54, 1.807) is 6.26 Å². The molecule has 3 aromatic rings. The van der Waals surface area contributed by atoms with Crippen molar-refractivity contribution in [2.24, 2.45) is 7.05 Å². The maximum absolute atomic E-state index is 12.8. The summed E-state index contributed by atoms with van der Waals surface area (Å²) in [6.45, 7) is 5.85. The van der Waals surface area contributed by atoms with E-state index in [0.29, 0.717) is 16.7 Å². The molecular formula is C18H19N3O2S. The van der Waals surface area contributed by atoms with Crippen molar-refractivity contribution in [1.29, 1.82) is 0 Å². The van der Waals surface area contributed by atoms with E-state index in [1.165, 1.54) is 11.8 Å². The van der Waals surface area contributed by atoms with E-state index in [2.05, 4.69) is 10.2 Å². The zero-order valence-electron chi connectivity index (χ0n) is 14.1. The molecule has 0 aliphatic heterocycles. The maximum Gasteiger partial charge on any atom is 0.200 e. The molecule has 0 saturated heterocycles. The third-order valence-electron chi connectivity index (χ3n) is 3.89. The highest BCUT2D eigenvalue weighted by molar-refractivity contribution is 8.00. The number of hydrogen-bond donors (Lipinski definition) is 0. The van der Waals surface area contributed by atoms with Gasteiger partial charge in [-0.15, -0.1) is 10.2 Å². The molecule has 24 heavy (non-hydrogen) atoms. The van der Waals surface area contributed by atoms with E-state index in [9.17, 15) is 4.79 Å². The van der Waals surface area contributed by atoms with E-state index in [0.717, 1.165) is 16.7 Å². The van der Waals surface area contributed by atoms with Crippen LogP contribution in [0.5, 0.6) is 0 Å². The summed E-state index contributed by atoms with van der Waals surface area (Å²) in [6, 6.07) is 9.59. The van der Waals surface area contributed by atoms with Crippen LogP contribution >= 0.6 is 11.8 Å². The first-order valence-corrected chi connectivity index (χ1v) is 8.56. The summed E-state index contributed by atoms with van der Waals surface area (Å²) in [6.07, 6.45) is 1.60. The normalized spacial score (nSPS) is 12.3. The van der Waals surface area contributed by atoms with Crippen molar-refractivity contribution in [1.82, 2.24) is 14.8 Å². The summed E-state index contributed by atoms with van der Waals surface area (Å²) in [5.74, 6) is 1.41. The van der Waals surface area contributed by atoms with Crippen LogP contribution in [0.25, 0.3) is 11.6 Å². The molecule has 124 valence electrons. The number of ketones is 1. The minimum Gasteiger partial charge on any atom is -0.461 e. The van der Waals surface area contributed by atoms with Gasteiger partial charge < -0.3 is 8.98 Å². The molecule has 3 rings (SSSR count). The fraction of sp³-hybridized carbons (Fsp3) is 0.278. The molecule has 6 heteroatoms. The van der Waals surface area contributed by atoms with Gasteiger partial charge in [0, 0.05) is 12.6 Å². The largest absolute Gasteiger partial charge is 0.461 e. The molecule has 0 N–H and O–H groups in total. The Morgan fingerprint density at radius 2 is 2.04 bits per heavy atom. The van der Waals surface area contributed by atoms with Crippen LogP contribution in [0.1, 0.15) is 28.4 Å². The second kappa shape index (κ2) is 6.65. The highest BCUT2D eigenvalue weighted by Gasteiger charge is 2.22. The Kier molecular flexibility index (Phi) is 4.57. The average molecular weight is 341 g/mol. The number of nitrogens with zero attached hydrogens (tertiary/aromatic N) is 3. The highest BCUT2D eigenvalue weighted by atomic mass is 32.2. The minimum atomic E-state index is -0.252. The molecule has 1 aromatic carbocycles. The quantitative estimate of drug-likeness (QED) is 0.517. The van der Waals surface area contributed by atoms with Crippen molar-refractivity contribution in [3.63, 3.8) is 0 Å². The minimum absolute atomic E-state index is 0.101. The van der Waals surface area contributed by atoms with E-state index in [-0.39, 0.29) is 11.0 Å². The Hall–Kier alpha value is -2.34. The van der Waals surface area contributed by atoms with Gasteiger partial charge in [-0.2, -0.15) is 0 Å². The lowest BCUT2D eigenvalue weighted by molar-refractivity contribution is 0.0993. The Bertz CT molecular complexity index is 869. The van der Waals surface area contributed by atoms with Crippen molar-refractivity contribution >= 4 is 17.5 Å². The van der Waals surface area contributed by atoms with Crippen molar-refractivity contribution in [3.8, 4) is 11.6 Å². The molecule has 0 aliphatic carbocycles. The molecule has 1 unspecified atom stereocenters. The second-order valence-corrected chi connectivity index (χ2v) is 7.09. The highest BCUT2D eigenvalue weighted by Crippen LogP contribution is 2.28. The first-order chi connectivity index (χ1) is 11.5. The van der Waals surface area contributed by atoms with Gasteiger partial charge in [0.05, 0.1) is 11.5 Å². The van der Waals surface area contributed by atoms with Crippen molar-refractivity contribution in [2.45, 2.75) is 31.2 Å². The summed E-state index contributed by atoms with van der Waals surface area (Å²) in [4.78, 5) is 12.8. The van der Waals surface area contributed by atoms with Crippen LogP contribution in [0, 0.1) is 13.8 Å². The number of rotatable bonds is 5. The SMILES string of the molecule is Cc1ccc(C)c(C(=O)C(C)Sc2nnc(-c3ccco3)n2C)c1. The number of carbonyl (C=O) groups excluding carboxylic acids is 1. The number of carbonyl (C=O) groups is 1. The van der Waals surface area contributed by atoms with E-state index in [4.69, 9.17) is 4.42 Å². The zero-order chi connectivity index (χ0) is 17.3.